The van der Waals surface area contributed by atoms with E-state index in [2.05, 4.69) is 34.5 Å². The summed E-state index contributed by atoms with van der Waals surface area (Å²) in [6.45, 7) is 4.81. The van der Waals surface area contributed by atoms with Crippen LogP contribution in [0.3, 0.4) is 0 Å². The van der Waals surface area contributed by atoms with E-state index >= 15 is 0 Å². The molecule has 0 atom stereocenters. The van der Waals surface area contributed by atoms with E-state index in [1.54, 1.807) is 0 Å². The number of nitrogens with zero attached hydrogens (tertiary/aromatic N) is 2. The highest BCUT2D eigenvalue weighted by Crippen LogP contribution is 2.79. The van der Waals surface area contributed by atoms with Crippen LogP contribution in [-0.2, 0) is 20.9 Å². The van der Waals surface area contributed by atoms with Gasteiger partial charge in [0.05, 0.1) is 18.1 Å². The smallest absolute Gasteiger partial charge is 0.269 e. The summed E-state index contributed by atoms with van der Waals surface area (Å²) in [5.41, 5.74) is 6.06. The molecule has 2 aliphatic heterocycles. The highest BCUT2D eigenvalue weighted by atomic mass is 16.5. The molecule has 0 unspecified atom stereocenters. The van der Waals surface area contributed by atoms with Crippen LogP contribution < -0.4 is 11.1 Å². The summed E-state index contributed by atoms with van der Waals surface area (Å²) >= 11 is 0. The summed E-state index contributed by atoms with van der Waals surface area (Å²) < 4.78 is 4.79. The number of methoxy groups -OCH3 is 1. The lowest BCUT2D eigenvalue weighted by Gasteiger charge is -2.54. The maximum Gasteiger partial charge on any atom is 0.269 e. The second kappa shape index (κ2) is 7.33. The first kappa shape index (κ1) is 21.0. The number of nitrogens with two attached hydrogens (primary N) is 1. The summed E-state index contributed by atoms with van der Waals surface area (Å²) in [6, 6.07) is 10.6. The van der Waals surface area contributed by atoms with Gasteiger partial charge in [-0.25, -0.2) is 0 Å². The first-order chi connectivity index (χ1) is 15.3. The van der Waals surface area contributed by atoms with E-state index in [0.717, 1.165) is 45.6 Å². The quantitative estimate of drug-likeness (QED) is 0.439. The molecule has 0 radical (unpaired) electrons. The van der Waals surface area contributed by atoms with Gasteiger partial charge in [0.15, 0.2) is 5.88 Å². The molecule has 5 rings (SSSR count). The number of fused-ring (bicyclic) bond motifs is 1. The van der Waals surface area contributed by atoms with Gasteiger partial charge in [-0.1, -0.05) is 30.3 Å². The summed E-state index contributed by atoms with van der Waals surface area (Å²) in [7, 11) is 1.38. The van der Waals surface area contributed by atoms with E-state index in [9.17, 15) is 9.59 Å². The van der Waals surface area contributed by atoms with E-state index in [4.69, 9.17) is 15.9 Å². The van der Waals surface area contributed by atoms with Crippen molar-refractivity contribution in [1.82, 2.24) is 15.1 Å². The maximum absolute atomic E-state index is 13.2. The molecule has 170 valence electrons. The number of ether oxygens (including phenoxy) is 1. The molecule has 1 aromatic rings. The standard InChI is InChI=1S/C24H31N5O3/c1-32-19(26)11-18(25)20(30)27-24-13-23(24,14-24)21(31)29-9-7-22(8-10-29)15-28(16-22)12-17-5-3-2-4-6-17/h2-6,11,25H,7-10,12-16,26H2,1H3,(H,27,30)/b19-11+,25-18?. The van der Waals surface area contributed by atoms with Gasteiger partial charge in [-0.3, -0.25) is 19.9 Å². The molecule has 8 heteroatoms. The van der Waals surface area contributed by atoms with Crippen LogP contribution in [0.1, 0.15) is 31.2 Å². The zero-order valence-electron chi connectivity index (χ0n) is 18.5. The molecule has 2 heterocycles. The Morgan fingerprint density at radius 1 is 1.19 bits per heavy atom. The molecule has 32 heavy (non-hydrogen) atoms. The summed E-state index contributed by atoms with van der Waals surface area (Å²) in [5, 5.41) is 10.7. The average molecular weight is 438 g/mol. The van der Waals surface area contributed by atoms with Crippen LogP contribution in [-0.4, -0.2) is 66.2 Å². The Kier molecular flexibility index (Phi) is 4.81. The van der Waals surface area contributed by atoms with Gasteiger partial charge in [0.2, 0.25) is 5.91 Å². The van der Waals surface area contributed by atoms with Gasteiger partial charge in [0.25, 0.3) is 5.91 Å². The number of hydrogen-bond donors (Lipinski definition) is 3. The Hall–Kier alpha value is -2.87. The number of amides is 2. The van der Waals surface area contributed by atoms with E-state index in [-0.39, 0.29) is 17.5 Å². The van der Waals surface area contributed by atoms with Crippen LogP contribution in [0.4, 0.5) is 0 Å². The molecule has 4 N–H and O–H groups in total. The zero-order chi connectivity index (χ0) is 22.6. The highest BCUT2D eigenvalue weighted by Gasteiger charge is 2.88. The molecule has 0 bridgehead atoms. The Morgan fingerprint density at radius 3 is 2.47 bits per heavy atom. The van der Waals surface area contributed by atoms with Crippen LogP contribution in [0.15, 0.2) is 42.3 Å². The minimum absolute atomic E-state index is 0.0113. The minimum atomic E-state index is -0.511. The number of benzene rings is 1. The van der Waals surface area contributed by atoms with Crippen molar-refractivity contribution in [3.8, 4) is 0 Å². The third-order valence-electron chi connectivity index (χ3n) is 7.88. The van der Waals surface area contributed by atoms with Crippen molar-refractivity contribution in [3.63, 3.8) is 0 Å². The minimum Gasteiger partial charge on any atom is -0.483 e. The van der Waals surface area contributed by atoms with Gasteiger partial charge >= 0.3 is 0 Å². The predicted molar refractivity (Wildman–Crippen MR) is 120 cm³/mol. The Morgan fingerprint density at radius 2 is 1.84 bits per heavy atom. The number of likely N-dealkylation sites (tertiary alicyclic amines) is 2. The second-order valence-electron chi connectivity index (χ2n) is 10.1. The maximum atomic E-state index is 13.2. The second-order valence-corrected chi connectivity index (χ2v) is 10.1. The van der Waals surface area contributed by atoms with Crippen molar-refractivity contribution in [3.05, 3.63) is 47.9 Å². The lowest BCUT2D eigenvalue weighted by atomic mass is 9.71. The number of hydrogen-bond acceptors (Lipinski definition) is 6. The van der Waals surface area contributed by atoms with Gasteiger partial charge in [-0.2, -0.15) is 0 Å². The molecule has 1 aromatic carbocycles. The van der Waals surface area contributed by atoms with Crippen molar-refractivity contribution in [1.29, 1.82) is 5.41 Å². The van der Waals surface area contributed by atoms with Crippen LogP contribution in [0.5, 0.6) is 0 Å². The van der Waals surface area contributed by atoms with Gasteiger partial charge in [0.1, 0.15) is 5.71 Å². The zero-order valence-corrected chi connectivity index (χ0v) is 18.5. The number of carbonyl (C=O) groups is 2. The Balaban J connectivity index is 1.09. The third-order valence-corrected chi connectivity index (χ3v) is 7.88. The number of nitrogens with one attached hydrogen (secondary N) is 2. The first-order valence-electron chi connectivity index (χ1n) is 11.3. The van der Waals surface area contributed by atoms with Crippen LogP contribution in [0.25, 0.3) is 0 Å². The summed E-state index contributed by atoms with van der Waals surface area (Å²) in [6.07, 6.45) is 4.63. The molecule has 0 aromatic heterocycles. The monoisotopic (exact) mass is 437 g/mol. The number of rotatable bonds is 7. The van der Waals surface area contributed by atoms with E-state index in [0.29, 0.717) is 18.3 Å². The molecule has 2 saturated carbocycles. The van der Waals surface area contributed by atoms with Crippen molar-refractivity contribution in [2.24, 2.45) is 16.6 Å². The SMILES string of the molecule is CO/C(N)=C/C(=N)C(=O)NC12CC1(C(=O)N1CCC3(CC1)CN(Cc1ccccc1)C3)C2. The van der Waals surface area contributed by atoms with Crippen molar-refractivity contribution >= 4 is 17.5 Å². The molecule has 8 nitrogen and oxygen atoms in total. The fourth-order valence-electron chi connectivity index (χ4n) is 5.66. The largest absolute Gasteiger partial charge is 0.483 e. The van der Waals surface area contributed by atoms with Crippen molar-refractivity contribution in [2.45, 2.75) is 37.8 Å². The number of carbonyl (C=O) groups excluding carboxylic acids is 2. The Labute approximate surface area is 188 Å². The lowest BCUT2D eigenvalue weighted by Crippen LogP contribution is -2.60. The molecule has 1 spiro atoms. The van der Waals surface area contributed by atoms with E-state index in [1.165, 1.54) is 18.7 Å². The molecule has 2 amide bonds. The summed E-state index contributed by atoms with van der Waals surface area (Å²) in [5.74, 6) is -0.327. The van der Waals surface area contributed by atoms with Gasteiger partial charge in [-0.15, -0.1) is 0 Å². The van der Waals surface area contributed by atoms with Crippen LogP contribution >= 0.6 is 0 Å². The van der Waals surface area contributed by atoms with E-state index < -0.39 is 16.9 Å². The molecule has 4 fully saturated rings. The Bertz CT molecular complexity index is 967. The topological polar surface area (TPSA) is 112 Å². The summed E-state index contributed by atoms with van der Waals surface area (Å²) in [4.78, 5) is 30.0. The molecular weight excluding hydrogens is 406 g/mol. The first-order valence-corrected chi connectivity index (χ1v) is 11.3. The predicted octanol–water partition coefficient (Wildman–Crippen LogP) is 1.23. The fraction of sp³-hybridized carbons (Fsp3) is 0.542. The average Bonchev–Trinajstić information content (AvgIpc) is 3.60. The highest BCUT2D eigenvalue weighted by molar-refractivity contribution is 6.42. The molecular formula is C24H31N5O3. The molecule has 2 aliphatic carbocycles. The molecule has 4 aliphatic rings. The van der Waals surface area contributed by atoms with Gasteiger partial charge in [-0.05, 0) is 36.7 Å². The fourth-order valence-corrected chi connectivity index (χ4v) is 5.66. The number of piperidine rings is 1. The van der Waals surface area contributed by atoms with Crippen LogP contribution in [0.2, 0.25) is 0 Å². The normalized spacial score (nSPS) is 30.2. The van der Waals surface area contributed by atoms with Crippen LogP contribution in [0, 0.1) is 16.2 Å². The van der Waals surface area contributed by atoms with Crippen molar-refractivity contribution < 1.29 is 14.3 Å². The van der Waals surface area contributed by atoms with E-state index in [1.807, 2.05) is 11.0 Å². The van der Waals surface area contributed by atoms with Crippen molar-refractivity contribution in [2.75, 3.05) is 33.3 Å². The lowest BCUT2D eigenvalue weighted by molar-refractivity contribution is -0.140. The van der Waals surface area contributed by atoms with Gasteiger partial charge in [0, 0.05) is 38.8 Å². The molecule has 2 saturated heterocycles. The third kappa shape index (κ3) is 3.46. The van der Waals surface area contributed by atoms with Gasteiger partial charge < -0.3 is 20.7 Å².